The van der Waals surface area contributed by atoms with E-state index in [0.717, 1.165) is 12.1 Å². The van der Waals surface area contributed by atoms with Crippen LogP contribution in [0.5, 0.6) is 0 Å². The number of nitrogens with zero attached hydrogens (tertiary/aromatic N) is 2. The third-order valence-electron chi connectivity index (χ3n) is 4.75. The lowest BCUT2D eigenvalue weighted by molar-refractivity contribution is 0.590. The maximum absolute atomic E-state index is 4.60. The second-order valence-corrected chi connectivity index (χ2v) is 7.48. The number of rotatable bonds is 3. The van der Waals surface area contributed by atoms with E-state index in [2.05, 4.69) is 82.2 Å². The summed E-state index contributed by atoms with van der Waals surface area (Å²) in [6.07, 6.45) is 3.13. The van der Waals surface area contributed by atoms with Gasteiger partial charge < -0.3 is 0 Å². The average Bonchev–Trinajstić information content (AvgIpc) is 2.96. The topological polar surface area (TPSA) is 17.8 Å². The van der Waals surface area contributed by atoms with Gasteiger partial charge in [-0.3, -0.25) is 0 Å². The van der Waals surface area contributed by atoms with Gasteiger partial charge in [-0.25, -0.2) is 4.68 Å². The molecule has 23 heavy (non-hydrogen) atoms. The molecule has 1 heterocycles. The van der Waals surface area contributed by atoms with Gasteiger partial charge in [-0.1, -0.05) is 52.8 Å². The summed E-state index contributed by atoms with van der Waals surface area (Å²) >= 11 is 0. The summed E-state index contributed by atoms with van der Waals surface area (Å²) in [6, 6.07) is 15.4. The summed E-state index contributed by atoms with van der Waals surface area (Å²) in [4.78, 5) is 0. The fourth-order valence-electron chi connectivity index (χ4n) is 2.90. The Morgan fingerprint density at radius 3 is 2.35 bits per heavy atom. The summed E-state index contributed by atoms with van der Waals surface area (Å²) in [6.45, 7) is 11.2. The van der Waals surface area contributed by atoms with Gasteiger partial charge in [0.05, 0.1) is 17.4 Å². The Morgan fingerprint density at radius 1 is 1.04 bits per heavy atom. The van der Waals surface area contributed by atoms with E-state index in [-0.39, 0.29) is 5.41 Å². The van der Waals surface area contributed by atoms with Gasteiger partial charge in [-0.2, -0.15) is 5.10 Å². The molecular weight excluding hydrogens is 280 g/mol. The predicted octanol–water partition coefficient (Wildman–Crippen LogP) is 5.84. The Bertz CT molecular complexity index is 804. The number of hydrogen-bond acceptors (Lipinski definition) is 1. The highest BCUT2D eigenvalue weighted by atomic mass is 15.3. The van der Waals surface area contributed by atoms with Crippen molar-refractivity contribution in [3.8, 4) is 5.69 Å². The monoisotopic (exact) mass is 306 g/mol. The molecule has 1 atom stereocenters. The number of aromatic nitrogens is 2. The van der Waals surface area contributed by atoms with Gasteiger partial charge in [-0.05, 0) is 53.1 Å². The Hall–Kier alpha value is -2.09. The third kappa shape index (κ3) is 3.03. The smallest absolute Gasteiger partial charge is 0.0741 e. The van der Waals surface area contributed by atoms with Crippen LogP contribution in [0.1, 0.15) is 58.1 Å². The first-order valence-corrected chi connectivity index (χ1v) is 8.48. The molecule has 1 unspecified atom stereocenters. The molecule has 0 N–H and O–H groups in total. The van der Waals surface area contributed by atoms with Crippen molar-refractivity contribution < 1.29 is 0 Å². The van der Waals surface area contributed by atoms with Gasteiger partial charge in [0.25, 0.3) is 0 Å². The van der Waals surface area contributed by atoms with E-state index < -0.39 is 0 Å². The van der Waals surface area contributed by atoms with Crippen LogP contribution in [0, 0.1) is 0 Å². The van der Waals surface area contributed by atoms with Crippen molar-refractivity contribution in [2.45, 2.75) is 52.4 Å². The fraction of sp³-hybridized carbons (Fsp3) is 0.381. The van der Waals surface area contributed by atoms with Crippen LogP contribution >= 0.6 is 0 Å². The minimum absolute atomic E-state index is 0.176. The van der Waals surface area contributed by atoms with Gasteiger partial charge >= 0.3 is 0 Å². The Balaban J connectivity index is 2.00. The van der Waals surface area contributed by atoms with Crippen LogP contribution in [0.2, 0.25) is 0 Å². The molecule has 0 amide bonds. The lowest BCUT2D eigenvalue weighted by atomic mass is 9.87. The van der Waals surface area contributed by atoms with Crippen LogP contribution in [0.25, 0.3) is 16.6 Å². The van der Waals surface area contributed by atoms with Crippen LogP contribution in [0.4, 0.5) is 0 Å². The van der Waals surface area contributed by atoms with Crippen LogP contribution in [-0.4, -0.2) is 9.78 Å². The molecule has 0 aliphatic heterocycles. The second kappa shape index (κ2) is 5.84. The molecule has 0 fully saturated rings. The zero-order valence-electron chi connectivity index (χ0n) is 14.8. The van der Waals surface area contributed by atoms with Crippen molar-refractivity contribution >= 4 is 10.9 Å². The lowest BCUT2D eigenvalue weighted by Gasteiger charge is -2.19. The van der Waals surface area contributed by atoms with Crippen molar-refractivity contribution in [1.29, 1.82) is 0 Å². The van der Waals surface area contributed by atoms with Crippen molar-refractivity contribution in [3.05, 3.63) is 59.8 Å². The van der Waals surface area contributed by atoms with E-state index in [4.69, 9.17) is 0 Å². The van der Waals surface area contributed by atoms with E-state index in [9.17, 15) is 0 Å². The maximum atomic E-state index is 4.60. The summed E-state index contributed by atoms with van der Waals surface area (Å²) < 4.78 is 2.03. The fourth-order valence-corrected chi connectivity index (χ4v) is 2.90. The molecule has 0 radical (unpaired) electrons. The predicted molar refractivity (Wildman–Crippen MR) is 98.5 cm³/mol. The standard InChI is InChI=1S/C21H26N2/c1-6-15(2)16-7-12-20-17(13-16)14-22-23(20)19-10-8-18(9-11-19)21(3,4)5/h7-15H,6H2,1-5H3. The van der Waals surface area contributed by atoms with Crippen molar-refractivity contribution in [3.63, 3.8) is 0 Å². The van der Waals surface area contributed by atoms with Crippen molar-refractivity contribution in [2.24, 2.45) is 0 Å². The SMILES string of the molecule is CCC(C)c1ccc2c(cnn2-c2ccc(C(C)(C)C)cc2)c1. The number of fused-ring (bicyclic) bond motifs is 1. The van der Waals surface area contributed by atoms with Gasteiger partial charge in [-0.15, -0.1) is 0 Å². The normalized spacial score (nSPS) is 13.4. The van der Waals surface area contributed by atoms with Gasteiger partial charge in [0.15, 0.2) is 0 Å². The Labute approximate surface area is 139 Å². The second-order valence-electron chi connectivity index (χ2n) is 7.48. The first-order valence-electron chi connectivity index (χ1n) is 8.48. The molecular formula is C21H26N2. The molecule has 120 valence electrons. The summed E-state index contributed by atoms with van der Waals surface area (Å²) in [5, 5.41) is 5.81. The minimum atomic E-state index is 0.176. The van der Waals surface area contributed by atoms with E-state index in [1.807, 2.05) is 10.9 Å². The minimum Gasteiger partial charge on any atom is -0.233 e. The first-order chi connectivity index (χ1) is 10.9. The van der Waals surface area contributed by atoms with E-state index in [1.54, 1.807) is 0 Å². The van der Waals surface area contributed by atoms with Crippen LogP contribution < -0.4 is 0 Å². The zero-order valence-corrected chi connectivity index (χ0v) is 14.8. The highest BCUT2D eigenvalue weighted by molar-refractivity contribution is 5.81. The molecule has 0 bridgehead atoms. The molecule has 3 rings (SSSR count). The van der Waals surface area contributed by atoms with E-state index in [1.165, 1.54) is 22.0 Å². The maximum Gasteiger partial charge on any atom is 0.0741 e. The molecule has 1 aromatic heterocycles. The summed E-state index contributed by atoms with van der Waals surface area (Å²) in [5.41, 5.74) is 5.19. The number of benzene rings is 2. The van der Waals surface area contributed by atoms with E-state index >= 15 is 0 Å². The zero-order chi connectivity index (χ0) is 16.6. The first kappa shape index (κ1) is 15.8. The molecule has 0 saturated heterocycles. The molecule has 2 aromatic carbocycles. The average molecular weight is 306 g/mol. The van der Waals surface area contributed by atoms with Gasteiger partial charge in [0, 0.05) is 5.39 Å². The highest BCUT2D eigenvalue weighted by Crippen LogP contribution is 2.27. The van der Waals surface area contributed by atoms with Crippen molar-refractivity contribution in [2.75, 3.05) is 0 Å². The Kier molecular flexibility index (Phi) is 4.01. The summed E-state index contributed by atoms with van der Waals surface area (Å²) in [7, 11) is 0. The van der Waals surface area contributed by atoms with Gasteiger partial charge in [0.1, 0.15) is 0 Å². The number of hydrogen-bond donors (Lipinski definition) is 0. The highest BCUT2D eigenvalue weighted by Gasteiger charge is 2.14. The van der Waals surface area contributed by atoms with Crippen LogP contribution in [0.3, 0.4) is 0 Å². The molecule has 2 nitrogen and oxygen atoms in total. The molecule has 2 heteroatoms. The molecule has 0 spiro atoms. The molecule has 0 aliphatic carbocycles. The van der Waals surface area contributed by atoms with Crippen LogP contribution in [0.15, 0.2) is 48.7 Å². The lowest BCUT2D eigenvalue weighted by Crippen LogP contribution is -2.10. The molecule has 0 aliphatic rings. The summed E-state index contributed by atoms with van der Waals surface area (Å²) in [5.74, 6) is 0.591. The largest absolute Gasteiger partial charge is 0.233 e. The third-order valence-corrected chi connectivity index (χ3v) is 4.75. The molecule has 0 saturated carbocycles. The van der Waals surface area contributed by atoms with E-state index in [0.29, 0.717) is 5.92 Å². The molecule has 3 aromatic rings. The quantitative estimate of drug-likeness (QED) is 0.594. The van der Waals surface area contributed by atoms with Gasteiger partial charge in [0.2, 0.25) is 0 Å². The van der Waals surface area contributed by atoms with Crippen molar-refractivity contribution in [1.82, 2.24) is 9.78 Å². The van der Waals surface area contributed by atoms with Crippen LogP contribution in [-0.2, 0) is 5.41 Å². The Morgan fingerprint density at radius 2 is 1.74 bits per heavy atom.